The number of aliphatic hydroxyl groups is 1. The van der Waals surface area contributed by atoms with Crippen molar-refractivity contribution >= 4 is 11.3 Å². The molecule has 0 bridgehead atoms. The summed E-state index contributed by atoms with van der Waals surface area (Å²) in [4.78, 5) is 4.44. The Kier molecular flexibility index (Phi) is 2.76. The van der Waals surface area contributed by atoms with E-state index < -0.39 is 0 Å². The fourth-order valence-electron chi connectivity index (χ4n) is 3.43. The van der Waals surface area contributed by atoms with Crippen LogP contribution in [0.3, 0.4) is 0 Å². The third-order valence-electron chi connectivity index (χ3n) is 4.22. The van der Waals surface area contributed by atoms with Gasteiger partial charge in [-0.1, -0.05) is 12.8 Å². The van der Waals surface area contributed by atoms with Gasteiger partial charge in [-0.05, 0) is 37.5 Å². The second-order valence-electron chi connectivity index (χ2n) is 5.34. The molecule has 0 saturated heterocycles. The van der Waals surface area contributed by atoms with Gasteiger partial charge >= 0.3 is 0 Å². The molecule has 3 rings (SSSR count). The van der Waals surface area contributed by atoms with Crippen LogP contribution in [0.1, 0.15) is 36.4 Å². The molecule has 1 N–H and O–H groups in total. The summed E-state index contributed by atoms with van der Waals surface area (Å²) in [5.41, 5.74) is 1.08. The first kappa shape index (κ1) is 10.7. The Balaban J connectivity index is 1.60. The highest BCUT2D eigenvalue weighted by Crippen LogP contribution is 2.57. The van der Waals surface area contributed by atoms with E-state index in [0.29, 0.717) is 5.92 Å². The Hall–Kier alpha value is -0.410. The summed E-state index contributed by atoms with van der Waals surface area (Å²) < 4.78 is 0. The van der Waals surface area contributed by atoms with Crippen LogP contribution in [0.15, 0.2) is 5.38 Å². The lowest BCUT2D eigenvalue weighted by atomic mass is 10.0. The van der Waals surface area contributed by atoms with Crippen LogP contribution in [-0.4, -0.2) is 16.2 Å². The molecule has 2 aliphatic rings. The highest BCUT2D eigenvalue weighted by atomic mass is 32.1. The molecule has 0 aromatic carbocycles. The van der Waals surface area contributed by atoms with Gasteiger partial charge in [-0.3, -0.25) is 0 Å². The van der Waals surface area contributed by atoms with E-state index in [1.165, 1.54) is 25.7 Å². The lowest BCUT2D eigenvalue weighted by Crippen LogP contribution is -2.15. The van der Waals surface area contributed by atoms with Gasteiger partial charge in [0.1, 0.15) is 0 Å². The minimum Gasteiger partial charge on any atom is -0.392 e. The zero-order chi connectivity index (χ0) is 11.1. The lowest BCUT2D eigenvalue weighted by molar-refractivity contribution is 0.140. The lowest BCUT2D eigenvalue weighted by Gasteiger charge is -2.07. The Labute approximate surface area is 101 Å². The van der Waals surface area contributed by atoms with Crippen molar-refractivity contribution in [3.63, 3.8) is 0 Å². The van der Waals surface area contributed by atoms with Gasteiger partial charge in [-0.15, -0.1) is 11.3 Å². The highest BCUT2D eigenvalue weighted by Gasteiger charge is 2.53. The van der Waals surface area contributed by atoms with Crippen LogP contribution in [0.4, 0.5) is 0 Å². The minimum absolute atomic E-state index is 0.140. The summed E-state index contributed by atoms with van der Waals surface area (Å²) in [7, 11) is 0. The van der Waals surface area contributed by atoms with Gasteiger partial charge in [-0.2, -0.15) is 0 Å². The van der Waals surface area contributed by atoms with E-state index in [0.717, 1.165) is 29.0 Å². The SMILES string of the molecule is Cc1csc(CC(O)C2C3CCCCC32)n1. The zero-order valence-corrected chi connectivity index (χ0v) is 10.5. The molecule has 0 amide bonds. The summed E-state index contributed by atoms with van der Waals surface area (Å²) in [6.45, 7) is 2.02. The standard InChI is InChI=1S/C13H19NOS/c1-8-7-16-12(14-8)6-11(15)13-9-4-2-3-5-10(9)13/h7,9-11,13,15H,2-6H2,1H3. The number of rotatable bonds is 3. The van der Waals surface area contributed by atoms with E-state index in [4.69, 9.17) is 0 Å². The maximum Gasteiger partial charge on any atom is 0.0954 e. The second-order valence-corrected chi connectivity index (χ2v) is 6.29. The first-order chi connectivity index (χ1) is 7.75. The molecule has 16 heavy (non-hydrogen) atoms. The third kappa shape index (κ3) is 1.91. The maximum absolute atomic E-state index is 10.2. The number of hydrogen-bond donors (Lipinski definition) is 1. The maximum atomic E-state index is 10.2. The van der Waals surface area contributed by atoms with Crippen LogP contribution in [0.2, 0.25) is 0 Å². The molecule has 2 aliphatic carbocycles. The van der Waals surface area contributed by atoms with Gasteiger partial charge in [0, 0.05) is 17.5 Å². The van der Waals surface area contributed by atoms with E-state index in [9.17, 15) is 5.11 Å². The van der Waals surface area contributed by atoms with E-state index in [2.05, 4.69) is 10.4 Å². The molecule has 1 aromatic heterocycles. The molecule has 2 saturated carbocycles. The summed E-state index contributed by atoms with van der Waals surface area (Å²) >= 11 is 1.69. The first-order valence-corrected chi connectivity index (χ1v) is 7.23. The number of aromatic nitrogens is 1. The Morgan fingerprint density at radius 2 is 2.12 bits per heavy atom. The van der Waals surface area contributed by atoms with Gasteiger partial charge in [0.15, 0.2) is 0 Å². The van der Waals surface area contributed by atoms with Gasteiger partial charge in [0.05, 0.1) is 11.1 Å². The van der Waals surface area contributed by atoms with E-state index in [1.807, 2.05) is 6.92 Å². The van der Waals surface area contributed by atoms with Crippen LogP contribution in [0, 0.1) is 24.7 Å². The number of fused-ring (bicyclic) bond motifs is 1. The van der Waals surface area contributed by atoms with Crippen molar-refractivity contribution in [3.8, 4) is 0 Å². The average Bonchev–Trinajstić information content (AvgIpc) is 2.88. The molecule has 88 valence electrons. The third-order valence-corrected chi connectivity index (χ3v) is 5.21. The normalized spacial score (nSPS) is 34.5. The molecule has 1 aromatic rings. The van der Waals surface area contributed by atoms with Crippen LogP contribution in [0.25, 0.3) is 0 Å². The Bertz CT molecular complexity index is 364. The fourth-order valence-corrected chi connectivity index (χ4v) is 4.25. The molecule has 3 heteroatoms. The van der Waals surface area contributed by atoms with Gasteiger partial charge in [0.2, 0.25) is 0 Å². The number of hydrogen-bond acceptors (Lipinski definition) is 3. The topological polar surface area (TPSA) is 33.1 Å². The Morgan fingerprint density at radius 1 is 1.44 bits per heavy atom. The second kappa shape index (κ2) is 4.11. The van der Waals surface area contributed by atoms with Crippen molar-refractivity contribution in [1.82, 2.24) is 4.98 Å². The van der Waals surface area contributed by atoms with Crippen LogP contribution in [0.5, 0.6) is 0 Å². The van der Waals surface area contributed by atoms with Gasteiger partial charge in [-0.25, -0.2) is 4.98 Å². The predicted octanol–water partition coefficient (Wildman–Crippen LogP) is 2.79. The summed E-state index contributed by atoms with van der Waals surface area (Å²) in [6, 6.07) is 0. The van der Waals surface area contributed by atoms with E-state index in [1.54, 1.807) is 11.3 Å². The van der Waals surface area contributed by atoms with Crippen molar-refractivity contribution in [2.24, 2.45) is 17.8 Å². The van der Waals surface area contributed by atoms with Crippen LogP contribution in [-0.2, 0) is 6.42 Å². The van der Waals surface area contributed by atoms with Crippen LogP contribution >= 0.6 is 11.3 Å². The molecule has 2 nitrogen and oxygen atoms in total. The molecule has 1 heterocycles. The first-order valence-electron chi connectivity index (χ1n) is 6.35. The molecule has 0 radical (unpaired) electrons. The molecular weight excluding hydrogens is 218 g/mol. The smallest absolute Gasteiger partial charge is 0.0954 e. The van der Waals surface area contributed by atoms with Gasteiger partial charge in [0.25, 0.3) is 0 Å². The quantitative estimate of drug-likeness (QED) is 0.877. The highest BCUT2D eigenvalue weighted by molar-refractivity contribution is 7.09. The predicted molar refractivity (Wildman–Crippen MR) is 65.5 cm³/mol. The van der Waals surface area contributed by atoms with Crippen molar-refractivity contribution in [2.75, 3.05) is 0 Å². The number of aryl methyl sites for hydroxylation is 1. The van der Waals surface area contributed by atoms with Crippen molar-refractivity contribution < 1.29 is 5.11 Å². The largest absolute Gasteiger partial charge is 0.392 e. The molecule has 2 fully saturated rings. The van der Waals surface area contributed by atoms with Gasteiger partial charge < -0.3 is 5.11 Å². The summed E-state index contributed by atoms with van der Waals surface area (Å²) in [5, 5.41) is 13.4. The monoisotopic (exact) mass is 237 g/mol. The molecule has 0 aliphatic heterocycles. The number of nitrogens with zero attached hydrogens (tertiary/aromatic N) is 1. The molecule has 0 spiro atoms. The molecule has 3 atom stereocenters. The minimum atomic E-state index is -0.140. The van der Waals surface area contributed by atoms with Crippen LogP contribution < -0.4 is 0 Å². The molecule has 3 unspecified atom stereocenters. The van der Waals surface area contributed by atoms with Crippen molar-refractivity contribution in [1.29, 1.82) is 0 Å². The molecular formula is C13H19NOS. The van der Waals surface area contributed by atoms with Crippen molar-refractivity contribution in [2.45, 2.75) is 45.1 Å². The summed E-state index contributed by atoms with van der Waals surface area (Å²) in [6.07, 6.45) is 6.09. The van der Waals surface area contributed by atoms with E-state index >= 15 is 0 Å². The zero-order valence-electron chi connectivity index (χ0n) is 9.72. The van der Waals surface area contributed by atoms with Crippen molar-refractivity contribution in [3.05, 3.63) is 16.1 Å². The summed E-state index contributed by atoms with van der Waals surface area (Å²) in [5.74, 6) is 2.27. The van der Waals surface area contributed by atoms with E-state index in [-0.39, 0.29) is 6.10 Å². The number of aliphatic hydroxyl groups excluding tert-OH is 1. The average molecular weight is 237 g/mol. The fraction of sp³-hybridized carbons (Fsp3) is 0.769. The Morgan fingerprint density at radius 3 is 2.69 bits per heavy atom. The number of thiazole rings is 1.